The Bertz CT molecular complexity index is 787. The van der Waals surface area contributed by atoms with Gasteiger partial charge in [0.15, 0.2) is 0 Å². The van der Waals surface area contributed by atoms with Gasteiger partial charge in [-0.2, -0.15) is 0 Å². The average molecular weight is 304 g/mol. The van der Waals surface area contributed by atoms with Gasteiger partial charge in [0.05, 0.1) is 5.02 Å². The molecule has 0 aliphatic carbocycles. The predicted molar refractivity (Wildman–Crippen MR) is 87.9 cm³/mol. The van der Waals surface area contributed by atoms with Gasteiger partial charge in [0.2, 0.25) is 0 Å². The Labute approximate surface area is 128 Å². The number of nitrogens with one attached hydrogen (secondary N) is 1. The van der Waals surface area contributed by atoms with E-state index in [0.29, 0.717) is 5.02 Å². The Kier molecular flexibility index (Phi) is 3.49. The first kappa shape index (κ1) is 13.5. The summed E-state index contributed by atoms with van der Waals surface area (Å²) in [5.41, 5.74) is 5.38. The van der Waals surface area contributed by atoms with E-state index in [-0.39, 0.29) is 0 Å². The third kappa shape index (κ3) is 2.32. The summed E-state index contributed by atoms with van der Waals surface area (Å²) in [6, 6.07) is 12.3. The minimum atomic E-state index is 0.716. The van der Waals surface area contributed by atoms with Crippen molar-refractivity contribution in [2.24, 2.45) is 0 Å². The highest BCUT2D eigenvalue weighted by Gasteiger charge is 2.11. The first-order valence-corrected chi connectivity index (χ1v) is 7.41. The lowest BCUT2D eigenvalue weighted by atomic mass is 10.0. The van der Waals surface area contributed by atoms with Crippen molar-refractivity contribution in [1.82, 2.24) is 4.98 Å². The molecule has 0 saturated heterocycles. The number of halogens is 2. The lowest BCUT2D eigenvalue weighted by molar-refractivity contribution is 1.07. The molecule has 0 bridgehead atoms. The molecule has 0 amide bonds. The fraction of sp³-hybridized carbons (Fsp3) is 0.176. The predicted octanol–water partition coefficient (Wildman–Crippen LogP) is 6.01. The van der Waals surface area contributed by atoms with E-state index in [1.807, 2.05) is 25.1 Å². The highest BCUT2D eigenvalue weighted by Crippen LogP contribution is 2.36. The zero-order valence-corrected chi connectivity index (χ0v) is 12.9. The van der Waals surface area contributed by atoms with Gasteiger partial charge >= 0.3 is 0 Å². The average Bonchev–Trinajstić information content (AvgIpc) is 2.80. The van der Waals surface area contributed by atoms with Gasteiger partial charge in [-0.3, -0.25) is 0 Å². The van der Waals surface area contributed by atoms with Crippen molar-refractivity contribution in [2.45, 2.75) is 20.3 Å². The number of H-pyrrole nitrogens is 1. The maximum atomic E-state index is 6.42. The van der Waals surface area contributed by atoms with Crippen LogP contribution in [0.4, 0.5) is 0 Å². The fourth-order valence-corrected chi connectivity index (χ4v) is 3.05. The van der Waals surface area contributed by atoms with Gasteiger partial charge in [-0.15, -0.1) is 0 Å². The van der Waals surface area contributed by atoms with Gasteiger partial charge in [0, 0.05) is 32.7 Å². The summed E-state index contributed by atoms with van der Waals surface area (Å²) in [6.07, 6.45) is 0.979. The molecule has 0 saturated carbocycles. The third-order valence-electron chi connectivity index (χ3n) is 3.56. The van der Waals surface area contributed by atoms with Gasteiger partial charge in [0.1, 0.15) is 0 Å². The van der Waals surface area contributed by atoms with E-state index in [0.717, 1.165) is 39.0 Å². The van der Waals surface area contributed by atoms with E-state index in [2.05, 4.69) is 30.1 Å². The van der Waals surface area contributed by atoms with E-state index in [9.17, 15) is 0 Å². The van der Waals surface area contributed by atoms with Gasteiger partial charge in [-0.25, -0.2) is 0 Å². The fourth-order valence-electron chi connectivity index (χ4n) is 2.45. The van der Waals surface area contributed by atoms with Crippen molar-refractivity contribution in [3.05, 3.63) is 57.7 Å². The monoisotopic (exact) mass is 303 g/mol. The number of aryl methyl sites for hydroxylation is 2. The molecule has 102 valence electrons. The minimum absolute atomic E-state index is 0.716. The summed E-state index contributed by atoms with van der Waals surface area (Å²) < 4.78 is 0. The topological polar surface area (TPSA) is 15.8 Å². The maximum absolute atomic E-state index is 6.42. The largest absolute Gasteiger partial charge is 0.358 e. The summed E-state index contributed by atoms with van der Waals surface area (Å²) in [5, 5.41) is 2.61. The lowest BCUT2D eigenvalue weighted by Gasteiger charge is -2.08. The molecule has 1 N–H and O–H groups in total. The number of benzene rings is 2. The zero-order chi connectivity index (χ0) is 14.3. The highest BCUT2D eigenvalue weighted by molar-refractivity contribution is 6.37. The van der Waals surface area contributed by atoms with Crippen LogP contribution >= 0.6 is 23.2 Å². The van der Waals surface area contributed by atoms with Crippen LogP contribution in [-0.4, -0.2) is 4.98 Å². The summed E-state index contributed by atoms with van der Waals surface area (Å²) in [4.78, 5) is 3.37. The van der Waals surface area contributed by atoms with Crippen LogP contribution in [0.3, 0.4) is 0 Å². The van der Waals surface area contributed by atoms with E-state index >= 15 is 0 Å². The van der Waals surface area contributed by atoms with Crippen molar-refractivity contribution in [3.8, 4) is 11.1 Å². The molecule has 3 heteroatoms. The molecular formula is C17H15Cl2N. The van der Waals surface area contributed by atoms with E-state index in [1.165, 1.54) is 5.69 Å². The van der Waals surface area contributed by atoms with Crippen molar-refractivity contribution in [2.75, 3.05) is 0 Å². The number of hydrogen-bond donors (Lipinski definition) is 1. The van der Waals surface area contributed by atoms with Gasteiger partial charge in [-0.05, 0) is 43.2 Å². The number of aromatic amines is 1. The molecular weight excluding hydrogens is 289 g/mol. The standard InChI is InChI=1S/C17H15Cl2N/c1-3-12-7-11-8-14(16(19)9-17(11)20-12)13-5-4-10(2)6-15(13)18/h4-9,20H,3H2,1-2H3. The Morgan fingerprint density at radius 2 is 1.70 bits per heavy atom. The molecule has 20 heavy (non-hydrogen) atoms. The van der Waals surface area contributed by atoms with Crippen LogP contribution < -0.4 is 0 Å². The van der Waals surface area contributed by atoms with Crippen molar-refractivity contribution < 1.29 is 0 Å². The van der Waals surface area contributed by atoms with Crippen molar-refractivity contribution >= 4 is 34.1 Å². The Morgan fingerprint density at radius 1 is 0.950 bits per heavy atom. The normalized spacial score (nSPS) is 11.2. The van der Waals surface area contributed by atoms with Crippen molar-refractivity contribution in [1.29, 1.82) is 0 Å². The molecule has 0 spiro atoms. The summed E-state index contributed by atoms with van der Waals surface area (Å²) in [5.74, 6) is 0. The van der Waals surface area contributed by atoms with Crippen LogP contribution in [0.5, 0.6) is 0 Å². The summed E-state index contributed by atoms with van der Waals surface area (Å²) >= 11 is 12.8. The highest BCUT2D eigenvalue weighted by atomic mass is 35.5. The first-order chi connectivity index (χ1) is 9.58. The van der Waals surface area contributed by atoms with E-state index < -0.39 is 0 Å². The minimum Gasteiger partial charge on any atom is -0.358 e. The molecule has 0 fully saturated rings. The first-order valence-electron chi connectivity index (χ1n) is 6.66. The molecule has 1 aromatic heterocycles. The quantitative estimate of drug-likeness (QED) is 0.596. The number of rotatable bonds is 2. The smallest absolute Gasteiger partial charge is 0.0506 e. The number of fused-ring (bicyclic) bond motifs is 1. The molecule has 0 radical (unpaired) electrons. The second kappa shape index (κ2) is 5.16. The molecule has 3 rings (SSSR count). The lowest BCUT2D eigenvalue weighted by Crippen LogP contribution is -1.83. The Balaban J connectivity index is 2.22. The number of aromatic nitrogens is 1. The summed E-state index contributed by atoms with van der Waals surface area (Å²) in [7, 11) is 0. The molecule has 0 aliphatic rings. The molecule has 1 heterocycles. The Morgan fingerprint density at radius 3 is 2.40 bits per heavy atom. The Hall–Kier alpha value is -1.44. The maximum Gasteiger partial charge on any atom is 0.0506 e. The van der Waals surface area contributed by atoms with E-state index in [4.69, 9.17) is 23.2 Å². The third-order valence-corrected chi connectivity index (χ3v) is 4.19. The van der Waals surface area contributed by atoms with Crippen LogP contribution in [0.15, 0.2) is 36.4 Å². The molecule has 2 aromatic carbocycles. The molecule has 1 nitrogen and oxygen atoms in total. The van der Waals surface area contributed by atoms with Crippen LogP contribution in [0.1, 0.15) is 18.2 Å². The summed E-state index contributed by atoms with van der Waals surface area (Å²) in [6.45, 7) is 4.16. The molecule has 3 aromatic rings. The second-order valence-electron chi connectivity index (χ2n) is 5.05. The van der Waals surface area contributed by atoms with E-state index in [1.54, 1.807) is 0 Å². The van der Waals surface area contributed by atoms with Crippen molar-refractivity contribution in [3.63, 3.8) is 0 Å². The van der Waals surface area contributed by atoms with Gasteiger partial charge in [0.25, 0.3) is 0 Å². The SMILES string of the molecule is CCc1cc2cc(-c3ccc(C)cc3Cl)c(Cl)cc2[nH]1. The molecule has 0 atom stereocenters. The molecule has 0 aliphatic heterocycles. The molecule has 0 unspecified atom stereocenters. The van der Waals surface area contributed by atoms with Gasteiger partial charge < -0.3 is 4.98 Å². The van der Waals surface area contributed by atoms with Gasteiger partial charge in [-0.1, -0.05) is 42.3 Å². The van der Waals surface area contributed by atoms with Crippen LogP contribution in [0.25, 0.3) is 22.0 Å². The zero-order valence-electron chi connectivity index (χ0n) is 11.4. The van der Waals surface area contributed by atoms with Crippen LogP contribution in [-0.2, 0) is 6.42 Å². The van der Waals surface area contributed by atoms with Crippen LogP contribution in [0.2, 0.25) is 10.0 Å². The van der Waals surface area contributed by atoms with Crippen LogP contribution in [0, 0.1) is 6.92 Å². The number of hydrogen-bond acceptors (Lipinski definition) is 0. The second-order valence-corrected chi connectivity index (χ2v) is 5.87.